The Morgan fingerprint density at radius 3 is 2.76 bits per heavy atom. The quantitative estimate of drug-likeness (QED) is 0.877. The minimum atomic E-state index is -0.0230. The van der Waals surface area contributed by atoms with Crippen molar-refractivity contribution in [3.05, 3.63) is 11.7 Å². The van der Waals surface area contributed by atoms with Crippen molar-refractivity contribution in [2.24, 2.45) is 0 Å². The molecule has 1 fully saturated rings. The fourth-order valence-corrected chi connectivity index (χ4v) is 2.13. The highest BCUT2D eigenvalue weighted by molar-refractivity contribution is 5.00. The molecule has 2 rings (SSSR count). The summed E-state index contributed by atoms with van der Waals surface area (Å²) in [4.78, 5) is 4.46. The molecule has 0 aliphatic carbocycles. The zero-order valence-corrected chi connectivity index (χ0v) is 11.1. The van der Waals surface area contributed by atoms with E-state index in [0.717, 1.165) is 31.1 Å². The molecule has 1 aliphatic rings. The van der Waals surface area contributed by atoms with E-state index in [0.29, 0.717) is 6.04 Å². The third-order valence-electron chi connectivity index (χ3n) is 3.26. The summed E-state index contributed by atoms with van der Waals surface area (Å²) in [5, 5.41) is 7.58. The van der Waals surface area contributed by atoms with Gasteiger partial charge in [0, 0.05) is 17.9 Å². The van der Waals surface area contributed by atoms with Crippen molar-refractivity contribution >= 4 is 0 Å². The van der Waals surface area contributed by atoms with E-state index in [1.54, 1.807) is 0 Å². The van der Waals surface area contributed by atoms with Crippen LogP contribution in [0.25, 0.3) is 0 Å². The Morgan fingerprint density at radius 1 is 1.35 bits per heavy atom. The summed E-state index contributed by atoms with van der Waals surface area (Å²) in [6.45, 7) is 7.46. The minimum absolute atomic E-state index is 0.0230. The SMILES string of the molecule is CC(C)(C)c1noc(CCC2CCCCN2)n1. The average molecular weight is 237 g/mol. The number of nitrogens with one attached hydrogen (secondary N) is 1. The van der Waals surface area contributed by atoms with Crippen molar-refractivity contribution in [2.45, 2.75) is 64.3 Å². The van der Waals surface area contributed by atoms with Gasteiger partial charge in [-0.1, -0.05) is 32.3 Å². The highest BCUT2D eigenvalue weighted by atomic mass is 16.5. The van der Waals surface area contributed by atoms with Gasteiger partial charge in [0.15, 0.2) is 5.82 Å². The lowest BCUT2D eigenvalue weighted by Gasteiger charge is -2.22. The zero-order valence-electron chi connectivity index (χ0n) is 11.1. The lowest BCUT2D eigenvalue weighted by molar-refractivity contribution is 0.336. The summed E-state index contributed by atoms with van der Waals surface area (Å²) in [5.41, 5.74) is -0.0230. The molecule has 2 heterocycles. The van der Waals surface area contributed by atoms with E-state index < -0.39 is 0 Å². The van der Waals surface area contributed by atoms with Crippen molar-refractivity contribution in [3.8, 4) is 0 Å². The van der Waals surface area contributed by atoms with Crippen LogP contribution in [-0.4, -0.2) is 22.7 Å². The van der Waals surface area contributed by atoms with Gasteiger partial charge in [0.2, 0.25) is 5.89 Å². The van der Waals surface area contributed by atoms with Crippen LogP contribution in [0, 0.1) is 0 Å². The van der Waals surface area contributed by atoms with Crippen LogP contribution in [-0.2, 0) is 11.8 Å². The maximum atomic E-state index is 5.29. The van der Waals surface area contributed by atoms with Gasteiger partial charge in [0.25, 0.3) is 0 Å². The average Bonchev–Trinajstić information content (AvgIpc) is 2.76. The Kier molecular flexibility index (Phi) is 3.82. The van der Waals surface area contributed by atoms with Crippen LogP contribution in [0.4, 0.5) is 0 Å². The number of piperidine rings is 1. The van der Waals surface area contributed by atoms with E-state index in [-0.39, 0.29) is 5.41 Å². The molecule has 1 aromatic rings. The summed E-state index contributed by atoms with van der Waals surface area (Å²) < 4.78 is 5.29. The number of aromatic nitrogens is 2. The summed E-state index contributed by atoms with van der Waals surface area (Å²) >= 11 is 0. The number of hydrogen-bond donors (Lipinski definition) is 1. The molecule has 0 amide bonds. The lowest BCUT2D eigenvalue weighted by atomic mass is 9.96. The first-order chi connectivity index (χ1) is 8.05. The monoisotopic (exact) mass is 237 g/mol. The Hall–Kier alpha value is -0.900. The Labute approximate surface area is 103 Å². The molecule has 1 atom stereocenters. The van der Waals surface area contributed by atoms with Gasteiger partial charge in [-0.3, -0.25) is 0 Å². The molecule has 0 aromatic carbocycles. The molecule has 1 N–H and O–H groups in total. The van der Waals surface area contributed by atoms with Crippen LogP contribution >= 0.6 is 0 Å². The smallest absolute Gasteiger partial charge is 0.226 e. The van der Waals surface area contributed by atoms with E-state index in [1.807, 2.05) is 0 Å². The van der Waals surface area contributed by atoms with E-state index in [1.165, 1.54) is 19.3 Å². The highest BCUT2D eigenvalue weighted by Crippen LogP contribution is 2.19. The third-order valence-corrected chi connectivity index (χ3v) is 3.26. The number of hydrogen-bond acceptors (Lipinski definition) is 4. The molecule has 96 valence electrons. The second-order valence-corrected chi connectivity index (χ2v) is 5.95. The maximum Gasteiger partial charge on any atom is 0.226 e. The molecule has 1 unspecified atom stereocenters. The fourth-order valence-electron chi connectivity index (χ4n) is 2.13. The summed E-state index contributed by atoms with van der Waals surface area (Å²) in [5.74, 6) is 1.59. The van der Waals surface area contributed by atoms with Gasteiger partial charge >= 0.3 is 0 Å². The number of aryl methyl sites for hydroxylation is 1. The molecule has 4 heteroatoms. The number of nitrogens with zero attached hydrogens (tertiary/aromatic N) is 2. The van der Waals surface area contributed by atoms with E-state index in [2.05, 4.69) is 36.2 Å². The van der Waals surface area contributed by atoms with Gasteiger partial charge in [0.1, 0.15) is 0 Å². The van der Waals surface area contributed by atoms with Gasteiger partial charge in [0.05, 0.1) is 0 Å². The first-order valence-corrected chi connectivity index (χ1v) is 6.62. The lowest BCUT2D eigenvalue weighted by Crippen LogP contribution is -2.34. The minimum Gasteiger partial charge on any atom is -0.339 e. The summed E-state index contributed by atoms with van der Waals surface area (Å²) in [6.07, 6.45) is 5.92. The van der Waals surface area contributed by atoms with Crippen molar-refractivity contribution in [3.63, 3.8) is 0 Å². The summed E-state index contributed by atoms with van der Waals surface area (Å²) in [6, 6.07) is 0.633. The van der Waals surface area contributed by atoms with Crippen LogP contribution in [0.15, 0.2) is 4.52 Å². The van der Waals surface area contributed by atoms with E-state index >= 15 is 0 Å². The van der Waals surface area contributed by atoms with Crippen molar-refractivity contribution in [2.75, 3.05) is 6.54 Å². The molecule has 4 nitrogen and oxygen atoms in total. The van der Waals surface area contributed by atoms with E-state index in [9.17, 15) is 0 Å². The Bertz CT molecular complexity index is 348. The van der Waals surface area contributed by atoms with Gasteiger partial charge in [-0.15, -0.1) is 0 Å². The first kappa shape index (κ1) is 12.6. The molecular weight excluding hydrogens is 214 g/mol. The highest BCUT2D eigenvalue weighted by Gasteiger charge is 2.21. The van der Waals surface area contributed by atoms with Crippen molar-refractivity contribution in [1.29, 1.82) is 0 Å². The van der Waals surface area contributed by atoms with Gasteiger partial charge in [-0.2, -0.15) is 4.98 Å². The van der Waals surface area contributed by atoms with Crippen LogP contribution in [0.2, 0.25) is 0 Å². The molecule has 17 heavy (non-hydrogen) atoms. The van der Waals surface area contributed by atoms with Crippen molar-refractivity contribution < 1.29 is 4.52 Å². The van der Waals surface area contributed by atoms with Crippen LogP contribution in [0.1, 0.15) is 58.2 Å². The zero-order chi connectivity index (χ0) is 12.3. The predicted octanol–water partition coefficient (Wildman–Crippen LogP) is 2.44. The van der Waals surface area contributed by atoms with Crippen LogP contribution < -0.4 is 5.32 Å². The second kappa shape index (κ2) is 5.17. The third kappa shape index (κ3) is 3.53. The standard InChI is InChI=1S/C13H23N3O/c1-13(2,3)12-15-11(17-16-12)8-7-10-6-4-5-9-14-10/h10,14H,4-9H2,1-3H3. The maximum absolute atomic E-state index is 5.29. The molecular formula is C13H23N3O. The number of rotatable bonds is 3. The first-order valence-electron chi connectivity index (χ1n) is 6.62. The van der Waals surface area contributed by atoms with E-state index in [4.69, 9.17) is 4.52 Å². The van der Waals surface area contributed by atoms with Gasteiger partial charge in [-0.25, -0.2) is 0 Å². The van der Waals surface area contributed by atoms with Crippen LogP contribution in [0.3, 0.4) is 0 Å². The molecule has 0 radical (unpaired) electrons. The Morgan fingerprint density at radius 2 is 2.18 bits per heavy atom. The fraction of sp³-hybridized carbons (Fsp3) is 0.846. The normalized spacial score (nSPS) is 21.7. The molecule has 1 aromatic heterocycles. The van der Waals surface area contributed by atoms with Crippen LogP contribution in [0.5, 0.6) is 0 Å². The molecule has 1 aliphatic heterocycles. The van der Waals surface area contributed by atoms with Gasteiger partial charge in [-0.05, 0) is 25.8 Å². The molecule has 1 saturated heterocycles. The topological polar surface area (TPSA) is 51.0 Å². The van der Waals surface area contributed by atoms with Crippen molar-refractivity contribution in [1.82, 2.24) is 15.5 Å². The Balaban J connectivity index is 1.84. The predicted molar refractivity (Wildman–Crippen MR) is 67.0 cm³/mol. The second-order valence-electron chi connectivity index (χ2n) is 5.95. The van der Waals surface area contributed by atoms with Gasteiger partial charge < -0.3 is 9.84 Å². The molecule has 0 spiro atoms. The molecule has 0 bridgehead atoms. The largest absolute Gasteiger partial charge is 0.339 e. The molecule has 0 saturated carbocycles. The summed E-state index contributed by atoms with van der Waals surface area (Å²) in [7, 11) is 0.